The number of amides is 1. The monoisotopic (exact) mass is 347 g/mol. The highest BCUT2D eigenvalue weighted by Gasteiger charge is 2.24. The third-order valence-corrected chi connectivity index (χ3v) is 4.11. The number of methoxy groups -OCH3 is 2. The zero-order valence-corrected chi connectivity index (χ0v) is 14.5. The maximum Gasteiger partial charge on any atom is 0.324 e. The van der Waals surface area contributed by atoms with Gasteiger partial charge in [-0.15, -0.1) is 4.98 Å². The fourth-order valence-electron chi connectivity index (χ4n) is 2.71. The van der Waals surface area contributed by atoms with Crippen molar-refractivity contribution < 1.29 is 14.3 Å². The smallest absolute Gasteiger partial charge is 0.324 e. The van der Waals surface area contributed by atoms with Crippen LogP contribution in [0.25, 0.3) is 0 Å². The molecule has 1 N–H and O–H groups in total. The van der Waals surface area contributed by atoms with Gasteiger partial charge in [-0.2, -0.15) is 9.97 Å². The number of hydrogen-bond acceptors (Lipinski definition) is 8. The van der Waals surface area contributed by atoms with E-state index < -0.39 is 0 Å². The van der Waals surface area contributed by atoms with Crippen molar-refractivity contribution in [2.24, 2.45) is 7.05 Å². The molecule has 3 heterocycles. The van der Waals surface area contributed by atoms with Crippen LogP contribution in [-0.2, 0) is 7.05 Å². The van der Waals surface area contributed by atoms with E-state index >= 15 is 0 Å². The van der Waals surface area contributed by atoms with E-state index in [2.05, 4.69) is 25.3 Å². The first-order valence-corrected chi connectivity index (χ1v) is 7.97. The molecule has 0 atom stereocenters. The van der Waals surface area contributed by atoms with Gasteiger partial charge in [0.1, 0.15) is 5.69 Å². The van der Waals surface area contributed by atoms with Crippen molar-refractivity contribution in [2.45, 2.75) is 18.9 Å². The van der Waals surface area contributed by atoms with Crippen LogP contribution in [0, 0.1) is 0 Å². The number of carbonyl (C=O) groups is 1. The maximum absolute atomic E-state index is 12.3. The summed E-state index contributed by atoms with van der Waals surface area (Å²) in [5.74, 6) is 0.405. The highest BCUT2D eigenvalue weighted by molar-refractivity contribution is 5.92. The first kappa shape index (κ1) is 16.9. The Kier molecular flexibility index (Phi) is 4.96. The number of nitrogens with one attached hydrogen (secondary N) is 1. The molecule has 2 aromatic rings. The molecule has 0 aliphatic carbocycles. The van der Waals surface area contributed by atoms with E-state index in [4.69, 9.17) is 9.47 Å². The standard InChI is InChI=1S/C15H21N7O3/c1-21-9-16-8-11(21)12(23)17-10-4-6-22(7-5-10)13-18-14(24-2)20-15(19-13)25-3/h8-10H,4-7H2,1-3H3,(H,17,23). The summed E-state index contributed by atoms with van der Waals surface area (Å²) < 4.78 is 11.9. The second kappa shape index (κ2) is 7.32. The van der Waals surface area contributed by atoms with E-state index in [9.17, 15) is 4.79 Å². The van der Waals surface area contributed by atoms with E-state index in [1.54, 1.807) is 24.1 Å². The van der Waals surface area contributed by atoms with Gasteiger partial charge in [0, 0.05) is 26.2 Å². The third kappa shape index (κ3) is 3.78. The molecule has 3 rings (SSSR count). The van der Waals surface area contributed by atoms with Crippen LogP contribution in [0.3, 0.4) is 0 Å². The molecule has 10 heteroatoms. The fourth-order valence-corrected chi connectivity index (χ4v) is 2.71. The Morgan fingerprint density at radius 3 is 2.32 bits per heavy atom. The normalized spacial score (nSPS) is 15.1. The first-order valence-electron chi connectivity index (χ1n) is 7.97. The van der Waals surface area contributed by atoms with Gasteiger partial charge in [0.05, 0.1) is 26.7 Å². The lowest BCUT2D eigenvalue weighted by Gasteiger charge is -2.32. The number of carbonyl (C=O) groups excluding carboxylic acids is 1. The number of rotatable bonds is 5. The largest absolute Gasteiger partial charge is 0.467 e. The van der Waals surface area contributed by atoms with Crippen LogP contribution >= 0.6 is 0 Å². The molecule has 1 aliphatic heterocycles. The number of anilines is 1. The summed E-state index contributed by atoms with van der Waals surface area (Å²) in [6, 6.07) is 0.534. The van der Waals surface area contributed by atoms with E-state index in [1.807, 2.05) is 4.90 Å². The molecular weight excluding hydrogens is 326 g/mol. The summed E-state index contributed by atoms with van der Waals surface area (Å²) in [4.78, 5) is 30.8. The molecule has 0 unspecified atom stereocenters. The lowest BCUT2D eigenvalue weighted by Crippen LogP contribution is -2.45. The molecule has 25 heavy (non-hydrogen) atoms. The van der Waals surface area contributed by atoms with Crippen LogP contribution in [-0.4, -0.2) is 63.8 Å². The molecule has 134 valence electrons. The Labute approximate surface area is 145 Å². The minimum Gasteiger partial charge on any atom is -0.467 e. The summed E-state index contributed by atoms with van der Waals surface area (Å²) in [6.45, 7) is 1.43. The minimum absolute atomic E-state index is 0.101. The summed E-state index contributed by atoms with van der Waals surface area (Å²) in [5, 5.41) is 3.05. The van der Waals surface area contributed by atoms with Crippen molar-refractivity contribution in [3.63, 3.8) is 0 Å². The summed E-state index contributed by atoms with van der Waals surface area (Å²) >= 11 is 0. The van der Waals surface area contributed by atoms with Crippen LogP contribution in [0.1, 0.15) is 23.3 Å². The molecule has 0 aromatic carbocycles. The van der Waals surface area contributed by atoms with E-state index in [0.717, 1.165) is 12.8 Å². The molecule has 1 aliphatic rings. The van der Waals surface area contributed by atoms with Gasteiger partial charge in [-0.05, 0) is 12.8 Å². The van der Waals surface area contributed by atoms with Gasteiger partial charge in [-0.3, -0.25) is 4.79 Å². The number of aryl methyl sites for hydroxylation is 1. The number of piperidine rings is 1. The predicted molar refractivity (Wildman–Crippen MR) is 88.8 cm³/mol. The van der Waals surface area contributed by atoms with Gasteiger partial charge in [0.2, 0.25) is 5.95 Å². The summed E-state index contributed by atoms with van der Waals surface area (Å²) in [7, 11) is 4.80. The van der Waals surface area contributed by atoms with Gasteiger partial charge in [0.25, 0.3) is 5.91 Å². The molecule has 1 amide bonds. The molecule has 0 radical (unpaired) electrons. The van der Waals surface area contributed by atoms with E-state index in [1.165, 1.54) is 14.2 Å². The van der Waals surface area contributed by atoms with Gasteiger partial charge >= 0.3 is 12.0 Å². The molecule has 0 saturated carbocycles. The number of aromatic nitrogens is 5. The molecule has 1 saturated heterocycles. The summed E-state index contributed by atoms with van der Waals surface area (Å²) in [6.07, 6.45) is 4.76. The quantitative estimate of drug-likeness (QED) is 0.807. The van der Waals surface area contributed by atoms with E-state index in [0.29, 0.717) is 24.7 Å². The lowest BCUT2D eigenvalue weighted by atomic mass is 10.1. The number of ether oxygens (including phenoxy) is 2. The van der Waals surface area contributed by atoms with Crippen molar-refractivity contribution in [3.8, 4) is 12.0 Å². The van der Waals surface area contributed by atoms with Gasteiger partial charge in [-0.25, -0.2) is 4.98 Å². The zero-order valence-electron chi connectivity index (χ0n) is 14.5. The van der Waals surface area contributed by atoms with Gasteiger partial charge < -0.3 is 24.3 Å². The number of imidazole rings is 1. The zero-order chi connectivity index (χ0) is 17.8. The Bertz CT molecular complexity index is 718. The molecule has 0 bridgehead atoms. The second-order valence-corrected chi connectivity index (χ2v) is 5.73. The van der Waals surface area contributed by atoms with Crippen molar-refractivity contribution >= 4 is 11.9 Å². The molecule has 0 spiro atoms. The van der Waals surface area contributed by atoms with Crippen LogP contribution in [0.15, 0.2) is 12.5 Å². The topological polar surface area (TPSA) is 107 Å². The number of hydrogen-bond donors (Lipinski definition) is 1. The van der Waals surface area contributed by atoms with Gasteiger partial charge in [0.15, 0.2) is 0 Å². The van der Waals surface area contributed by atoms with Crippen LogP contribution in [0.4, 0.5) is 5.95 Å². The lowest BCUT2D eigenvalue weighted by molar-refractivity contribution is 0.0923. The van der Waals surface area contributed by atoms with E-state index in [-0.39, 0.29) is 24.0 Å². The molecule has 10 nitrogen and oxygen atoms in total. The Morgan fingerprint density at radius 1 is 1.16 bits per heavy atom. The fraction of sp³-hybridized carbons (Fsp3) is 0.533. The first-order chi connectivity index (χ1) is 12.1. The van der Waals surface area contributed by atoms with Crippen LogP contribution in [0.5, 0.6) is 12.0 Å². The Balaban J connectivity index is 1.60. The Hall–Kier alpha value is -2.91. The van der Waals surface area contributed by atoms with Crippen LogP contribution < -0.4 is 19.7 Å². The number of nitrogens with zero attached hydrogens (tertiary/aromatic N) is 6. The summed E-state index contributed by atoms with van der Waals surface area (Å²) in [5.41, 5.74) is 0.550. The Morgan fingerprint density at radius 2 is 1.80 bits per heavy atom. The highest BCUT2D eigenvalue weighted by Crippen LogP contribution is 2.20. The van der Waals surface area contributed by atoms with Gasteiger partial charge in [-0.1, -0.05) is 0 Å². The van der Waals surface area contributed by atoms with Crippen LogP contribution in [0.2, 0.25) is 0 Å². The van der Waals surface area contributed by atoms with Crippen molar-refractivity contribution in [1.29, 1.82) is 0 Å². The third-order valence-electron chi connectivity index (χ3n) is 4.11. The second-order valence-electron chi connectivity index (χ2n) is 5.73. The molecular formula is C15H21N7O3. The molecule has 1 fully saturated rings. The van der Waals surface area contributed by atoms with Crippen molar-refractivity contribution in [2.75, 3.05) is 32.2 Å². The molecule has 2 aromatic heterocycles. The van der Waals surface area contributed by atoms with Crippen molar-refractivity contribution in [1.82, 2.24) is 29.8 Å². The average molecular weight is 347 g/mol. The minimum atomic E-state index is -0.109. The SMILES string of the molecule is COc1nc(OC)nc(N2CCC(NC(=O)c3cncn3C)CC2)n1. The maximum atomic E-state index is 12.3. The average Bonchev–Trinajstić information content (AvgIpc) is 3.08. The van der Waals surface area contributed by atoms with Crippen molar-refractivity contribution in [3.05, 3.63) is 18.2 Å². The predicted octanol–water partition coefficient (Wildman–Crippen LogP) is 0.0211. The highest BCUT2D eigenvalue weighted by atomic mass is 16.5.